The van der Waals surface area contributed by atoms with Gasteiger partial charge >= 0.3 is 0 Å². The van der Waals surface area contributed by atoms with E-state index in [2.05, 4.69) is 32.6 Å². The molecule has 5 nitrogen and oxygen atoms in total. The van der Waals surface area contributed by atoms with Crippen LogP contribution >= 0.6 is 11.3 Å². The van der Waals surface area contributed by atoms with Gasteiger partial charge in [-0.2, -0.15) is 0 Å². The average molecular weight is 355 g/mol. The largest absolute Gasteiger partial charge is 0.419 e. The van der Waals surface area contributed by atoms with E-state index in [0.717, 1.165) is 38.1 Å². The molecular weight excluding hydrogens is 334 g/mol. The summed E-state index contributed by atoms with van der Waals surface area (Å²) in [5.74, 6) is 1.22. The van der Waals surface area contributed by atoms with Crippen LogP contribution in [0.2, 0.25) is 0 Å². The number of thiophene rings is 1. The second-order valence-corrected chi connectivity index (χ2v) is 7.28. The van der Waals surface area contributed by atoms with Gasteiger partial charge in [0.15, 0.2) is 0 Å². The minimum Gasteiger partial charge on any atom is -0.419 e. The van der Waals surface area contributed by atoms with Crippen LogP contribution in [0.25, 0.3) is 11.5 Å². The molecule has 0 aliphatic carbocycles. The summed E-state index contributed by atoms with van der Waals surface area (Å²) in [6, 6.07) is 14.1. The Bertz CT molecular complexity index is 767. The molecule has 130 valence electrons. The Balaban J connectivity index is 1.46. The third-order valence-electron chi connectivity index (χ3n) is 4.29. The first-order valence-corrected chi connectivity index (χ1v) is 9.49. The Hall–Kier alpha value is -2.02. The Morgan fingerprint density at radius 3 is 2.76 bits per heavy atom. The van der Waals surface area contributed by atoms with E-state index in [-0.39, 0.29) is 0 Å². The zero-order chi connectivity index (χ0) is 16.9. The van der Waals surface area contributed by atoms with Crippen molar-refractivity contribution in [2.75, 3.05) is 13.2 Å². The Morgan fingerprint density at radius 2 is 2.00 bits per heavy atom. The van der Waals surface area contributed by atoms with E-state index in [1.807, 2.05) is 30.3 Å². The summed E-state index contributed by atoms with van der Waals surface area (Å²) in [5.41, 5.74) is 0.949. The molecule has 1 atom stereocenters. The third kappa shape index (κ3) is 4.34. The van der Waals surface area contributed by atoms with Crippen molar-refractivity contribution in [2.24, 2.45) is 0 Å². The van der Waals surface area contributed by atoms with Crippen LogP contribution in [0.1, 0.15) is 23.6 Å². The van der Waals surface area contributed by atoms with Crippen LogP contribution in [-0.2, 0) is 17.8 Å². The molecule has 1 fully saturated rings. The molecule has 0 bridgehead atoms. The SMILES string of the molecule is c1ccc(-c2nnc(CN(Cc3cccs3)CC3CCCO3)o2)cc1. The second kappa shape index (κ2) is 7.91. The number of aromatic nitrogens is 2. The molecule has 4 rings (SSSR count). The summed E-state index contributed by atoms with van der Waals surface area (Å²) in [5, 5.41) is 10.5. The van der Waals surface area contributed by atoms with Crippen molar-refractivity contribution in [3.05, 3.63) is 58.6 Å². The summed E-state index contributed by atoms with van der Waals surface area (Å²) in [6.07, 6.45) is 2.58. The molecule has 2 aromatic heterocycles. The molecule has 0 radical (unpaired) electrons. The standard InChI is InChI=1S/C19H21N3O2S/c1-2-6-15(7-3-1)19-21-20-18(24-19)14-22(12-16-8-4-10-23-16)13-17-9-5-11-25-17/h1-3,5-7,9,11,16H,4,8,10,12-14H2. The van der Waals surface area contributed by atoms with Gasteiger partial charge in [0.25, 0.3) is 0 Å². The summed E-state index contributed by atoms with van der Waals surface area (Å²) in [6.45, 7) is 3.27. The normalized spacial score (nSPS) is 17.4. The highest BCUT2D eigenvalue weighted by atomic mass is 32.1. The van der Waals surface area contributed by atoms with E-state index in [1.165, 1.54) is 4.88 Å². The topological polar surface area (TPSA) is 51.4 Å². The summed E-state index contributed by atoms with van der Waals surface area (Å²) in [4.78, 5) is 3.67. The number of benzene rings is 1. The number of ether oxygens (including phenoxy) is 1. The molecule has 25 heavy (non-hydrogen) atoms. The Morgan fingerprint density at radius 1 is 1.08 bits per heavy atom. The first-order valence-electron chi connectivity index (χ1n) is 8.61. The van der Waals surface area contributed by atoms with Crippen LogP contribution in [0.4, 0.5) is 0 Å². The fraction of sp³-hybridized carbons (Fsp3) is 0.368. The Kier molecular flexibility index (Phi) is 5.20. The maximum Gasteiger partial charge on any atom is 0.247 e. The second-order valence-electron chi connectivity index (χ2n) is 6.25. The molecular formula is C19H21N3O2S. The van der Waals surface area contributed by atoms with E-state index in [9.17, 15) is 0 Å². The highest BCUT2D eigenvalue weighted by molar-refractivity contribution is 7.09. The zero-order valence-corrected chi connectivity index (χ0v) is 14.8. The van der Waals surface area contributed by atoms with Crippen molar-refractivity contribution in [1.29, 1.82) is 0 Å². The smallest absolute Gasteiger partial charge is 0.247 e. The van der Waals surface area contributed by atoms with Crippen molar-refractivity contribution in [2.45, 2.75) is 32.0 Å². The van der Waals surface area contributed by atoms with E-state index in [1.54, 1.807) is 11.3 Å². The van der Waals surface area contributed by atoms with E-state index in [0.29, 0.717) is 24.4 Å². The maximum atomic E-state index is 5.88. The molecule has 1 saturated heterocycles. The highest BCUT2D eigenvalue weighted by Crippen LogP contribution is 2.21. The quantitative estimate of drug-likeness (QED) is 0.642. The number of nitrogens with zero attached hydrogens (tertiary/aromatic N) is 3. The molecule has 3 heterocycles. The van der Waals surface area contributed by atoms with E-state index >= 15 is 0 Å². The van der Waals surface area contributed by atoms with Crippen molar-refractivity contribution in [3.63, 3.8) is 0 Å². The lowest BCUT2D eigenvalue weighted by Gasteiger charge is -2.23. The van der Waals surface area contributed by atoms with Gasteiger partial charge in [0.05, 0.1) is 12.6 Å². The zero-order valence-electron chi connectivity index (χ0n) is 14.0. The first-order chi connectivity index (χ1) is 12.4. The predicted molar refractivity (Wildman–Crippen MR) is 97.1 cm³/mol. The lowest BCUT2D eigenvalue weighted by Crippen LogP contribution is -2.31. The van der Waals surface area contributed by atoms with Crippen LogP contribution in [-0.4, -0.2) is 34.4 Å². The monoisotopic (exact) mass is 355 g/mol. The maximum absolute atomic E-state index is 5.88. The van der Waals surface area contributed by atoms with Crippen molar-refractivity contribution in [1.82, 2.24) is 15.1 Å². The molecule has 6 heteroatoms. The number of hydrogen-bond donors (Lipinski definition) is 0. The summed E-state index contributed by atoms with van der Waals surface area (Å²) < 4.78 is 11.7. The van der Waals surface area contributed by atoms with Gasteiger partial charge in [0.2, 0.25) is 11.8 Å². The molecule has 3 aromatic rings. The van der Waals surface area contributed by atoms with E-state index in [4.69, 9.17) is 9.15 Å². The van der Waals surface area contributed by atoms with Gasteiger partial charge in [-0.05, 0) is 36.4 Å². The van der Waals surface area contributed by atoms with Gasteiger partial charge in [-0.3, -0.25) is 4.90 Å². The van der Waals surface area contributed by atoms with Crippen LogP contribution in [0.15, 0.2) is 52.3 Å². The van der Waals surface area contributed by atoms with Crippen LogP contribution in [0.3, 0.4) is 0 Å². The molecule has 1 unspecified atom stereocenters. The van der Waals surface area contributed by atoms with Crippen molar-refractivity contribution in [3.8, 4) is 11.5 Å². The molecule has 1 aromatic carbocycles. The van der Waals surface area contributed by atoms with Gasteiger partial charge < -0.3 is 9.15 Å². The van der Waals surface area contributed by atoms with Gasteiger partial charge in [-0.1, -0.05) is 24.3 Å². The molecule has 0 saturated carbocycles. The van der Waals surface area contributed by atoms with Crippen molar-refractivity contribution < 1.29 is 9.15 Å². The summed E-state index contributed by atoms with van der Waals surface area (Å²) in [7, 11) is 0. The molecule has 1 aliphatic rings. The lowest BCUT2D eigenvalue weighted by molar-refractivity contribution is 0.0653. The minimum absolute atomic E-state index is 0.302. The van der Waals surface area contributed by atoms with Crippen LogP contribution < -0.4 is 0 Å². The Labute approximate surface area is 151 Å². The van der Waals surface area contributed by atoms with Crippen LogP contribution in [0, 0.1) is 0 Å². The fourth-order valence-electron chi connectivity index (χ4n) is 3.09. The lowest BCUT2D eigenvalue weighted by atomic mass is 10.2. The van der Waals surface area contributed by atoms with Gasteiger partial charge in [-0.25, -0.2) is 0 Å². The van der Waals surface area contributed by atoms with Crippen molar-refractivity contribution >= 4 is 11.3 Å². The number of hydrogen-bond acceptors (Lipinski definition) is 6. The molecule has 1 aliphatic heterocycles. The fourth-order valence-corrected chi connectivity index (χ4v) is 3.84. The van der Waals surface area contributed by atoms with Gasteiger partial charge in [0, 0.05) is 30.1 Å². The van der Waals surface area contributed by atoms with E-state index < -0.39 is 0 Å². The first kappa shape index (κ1) is 16.4. The molecule has 0 spiro atoms. The molecule has 0 amide bonds. The van der Waals surface area contributed by atoms with Crippen LogP contribution in [0.5, 0.6) is 0 Å². The predicted octanol–water partition coefficient (Wildman–Crippen LogP) is 3.98. The average Bonchev–Trinajstić information content (AvgIpc) is 3.38. The van der Waals surface area contributed by atoms with Gasteiger partial charge in [0.1, 0.15) is 0 Å². The minimum atomic E-state index is 0.302. The summed E-state index contributed by atoms with van der Waals surface area (Å²) >= 11 is 1.77. The number of rotatable bonds is 7. The third-order valence-corrected chi connectivity index (χ3v) is 5.15. The molecule has 0 N–H and O–H groups in total. The van der Waals surface area contributed by atoms with Gasteiger partial charge in [-0.15, -0.1) is 21.5 Å². The highest BCUT2D eigenvalue weighted by Gasteiger charge is 2.21.